The molecule has 8 nitrogen and oxygen atoms in total. The summed E-state index contributed by atoms with van der Waals surface area (Å²) in [4.78, 5) is 31.7. The van der Waals surface area contributed by atoms with E-state index in [-0.39, 0.29) is 16.7 Å². The van der Waals surface area contributed by atoms with E-state index >= 15 is 0 Å². The summed E-state index contributed by atoms with van der Waals surface area (Å²) >= 11 is 0. The Bertz CT molecular complexity index is 405. The molecular weight excluding hydrogens is 256 g/mol. The third-order valence-corrected chi connectivity index (χ3v) is 1.84. The molecule has 0 unspecified atom stereocenters. The van der Waals surface area contributed by atoms with Crippen molar-refractivity contribution in [2.24, 2.45) is 11.5 Å². The van der Waals surface area contributed by atoms with Gasteiger partial charge in [-0.25, -0.2) is 14.4 Å². The van der Waals surface area contributed by atoms with Crippen LogP contribution in [0, 0.1) is 0 Å². The van der Waals surface area contributed by atoms with Crippen LogP contribution in [0.2, 0.25) is 0 Å². The van der Waals surface area contributed by atoms with Crippen LogP contribution in [-0.4, -0.2) is 46.3 Å². The summed E-state index contributed by atoms with van der Waals surface area (Å²) in [6.45, 7) is 1.19. The summed E-state index contributed by atoms with van der Waals surface area (Å²) < 4.78 is 0. The van der Waals surface area contributed by atoms with Gasteiger partial charge in [0.2, 0.25) is 0 Å². The van der Waals surface area contributed by atoms with Gasteiger partial charge in [-0.2, -0.15) is 0 Å². The van der Waals surface area contributed by atoms with E-state index in [4.69, 9.17) is 26.8 Å². The molecule has 0 heterocycles. The van der Waals surface area contributed by atoms with Gasteiger partial charge in [-0.05, 0) is 18.2 Å². The Kier molecular flexibility index (Phi) is 6.79. The Morgan fingerprint density at radius 1 is 0.737 bits per heavy atom. The minimum Gasteiger partial charge on any atom is -0.478 e. The van der Waals surface area contributed by atoms with Crippen molar-refractivity contribution in [3.8, 4) is 0 Å². The quantitative estimate of drug-likeness (QED) is 0.496. The maximum atomic E-state index is 10.6. The van der Waals surface area contributed by atoms with Gasteiger partial charge < -0.3 is 26.8 Å². The maximum absolute atomic E-state index is 10.6. The van der Waals surface area contributed by atoms with Gasteiger partial charge in [0.1, 0.15) is 0 Å². The lowest BCUT2D eigenvalue weighted by Crippen LogP contribution is -2.11. The predicted molar refractivity (Wildman–Crippen MR) is 65.4 cm³/mol. The molecular formula is C11H14N2O6. The number of hydrogen-bond donors (Lipinski definition) is 5. The van der Waals surface area contributed by atoms with Crippen LogP contribution in [0.15, 0.2) is 18.2 Å². The molecule has 7 N–H and O–H groups in total. The van der Waals surface area contributed by atoms with Crippen molar-refractivity contribution in [1.82, 2.24) is 0 Å². The lowest BCUT2D eigenvalue weighted by Gasteiger charge is -2.00. The van der Waals surface area contributed by atoms with Crippen molar-refractivity contribution in [2.75, 3.05) is 13.1 Å². The average molecular weight is 270 g/mol. The molecule has 0 amide bonds. The highest BCUT2D eigenvalue weighted by Gasteiger charge is 2.14. The van der Waals surface area contributed by atoms with Crippen molar-refractivity contribution in [3.05, 3.63) is 34.9 Å². The van der Waals surface area contributed by atoms with E-state index in [1.165, 1.54) is 0 Å². The van der Waals surface area contributed by atoms with E-state index in [1.807, 2.05) is 0 Å². The maximum Gasteiger partial charge on any atom is 0.335 e. The molecule has 0 radical (unpaired) electrons. The Morgan fingerprint density at radius 2 is 0.947 bits per heavy atom. The molecule has 8 heteroatoms. The van der Waals surface area contributed by atoms with Crippen LogP contribution in [0.4, 0.5) is 0 Å². The Morgan fingerprint density at radius 3 is 1.05 bits per heavy atom. The summed E-state index contributed by atoms with van der Waals surface area (Å²) in [5, 5.41) is 25.8. The van der Waals surface area contributed by atoms with Gasteiger partial charge in [-0.3, -0.25) is 0 Å². The first kappa shape index (κ1) is 16.6. The normalized spacial score (nSPS) is 9.16. The molecule has 1 rings (SSSR count). The molecule has 19 heavy (non-hydrogen) atoms. The third-order valence-electron chi connectivity index (χ3n) is 1.84. The highest BCUT2D eigenvalue weighted by atomic mass is 16.4. The molecule has 0 aliphatic carbocycles. The summed E-state index contributed by atoms with van der Waals surface area (Å²) in [7, 11) is 0. The van der Waals surface area contributed by atoms with E-state index in [9.17, 15) is 14.4 Å². The molecule has 0 aliphatic rings. The van der Waals surface area contributed by atoms with Crippen molar-refractivity contribution >= 4 is 17.9 Å². The molecule has 0 saturated carbocycles. The second-order valence-electron chi connectivity index (χ2n) is 3.29. The van der Waals surface area contributed by atoms with Crippen LogP contribution in [0.1, 0.15) is 31.1 Å². The lowest BCUT2D eigenvalue weighted by atomic mass is 10.1. The minimum absolute atomic E-state index is 0.368. The van der Waals surface area contributed by atoms with Gasteiger partial charge in [0.05, 0.1) is 16.7 Å². The number of carboxylic acid groups (broad SMARTS) is 3. The van der Waals surface area contributed by atoms with E-state index < -0.39 is 17.9 Å². The minimum atomic E-state index is -1.37. The van der Waals surface area contributed by atoms with Crippen LogP contribution in [0.3, 0.4) is 0 Å². The van der Waals surface area contributed by atoms with Crippen LogP contribution in [0.5, 0.6) is 0 Å². The first-order valence-corrected chi connectivity index (χ1v) is 5.08. The van der Waals surface area contributed by atoms with Crippen molar-refractivity contribution in [3.63, 3.8) is 0 Å². The highest BCUT2D eigenvalue weighted by Crippen LogP contribution is 2.11. The molecule has 0 saturated heterocycles. The standard InChI is InChI=1S/C9H6O6.C2H8N2/c10-7(11)4-1-5(8(12)13)3-6(2-4)9(14)15;3-1-2-4/h1-3H,(H,10,11)(H,12,13)(H,14,15);1-4H2. The molecule has 1 aromatic carbocycles. The summed E-state index contributed by atoms with van der Waals surface area (Å²) in [6.07, 6.45) is 0. The van der Waals surface area contributed by atoms with Gasteiger partial charge in [-0.15, -0.1) is 0 Å². The molecule has 0 aliphatic heterocycles. The first-order valence-electron chi connectivity index (χ1n) is 5.08. The number of rotatable bonds is 4. The van der Waals surface area contributed by atoms with Crippen LogP contribution in [-0.2, 0) is 0 Å². The second-order valence-corrected chi connectivity index (χ2v) is 3.29. The SMILES string of the molecule is NCCN.O=C(O)c1cc(C(=O)O)cc(C(=O)O)c1. The Hall–Kier alpha value is -2.45. The van der Waals surface area contributed by atoms with E-state index in [1.54, 1.807) is 0 Å². The Balaban J connectivity index is 0.000000711. The number of carbonyl (C=O) groups is 3. The van der Waals surface area contributed by atoms with Gasteiger partial charge >= 0.3 is 17.9 Å². The largest absolute Gasteiger partial charge is 0.478 e. The van der Waals surface area contributed by atoms with E-state index in [0.29, 0.717) is 13.1 Å². The molecule has 0 fully saturated rings. The second kappa shape index (κ2) is 7.80. The summed E-state index contributed by atoms with van der Waals surface area (Å²) in [5.41, 5.74) is 8.70. The van der Waals surface area contributed by atoms with Crippen LogP contribution < -0.4 is 11.5 Å². The smallest absolute Gasteiger partial charge is 0.335 e. The van der Waals surface area contributed by atoms with Gasteiger partial charge in [0, 0.05) is 13.1 Å². The van der Waals surface area contributed by atoms with Crippen molar-refractivity contribution in [2.45, 2.75) is 0 Å². The van der Waals surface area contributed by atoms with E-state index in [0.717, 1.165) is 18.2 Å². The van der Waals surface area contributed by atoms with Gasteiger partial charge in [0.15, 0.2) is 0 Å². The highest BCUT2D eigenvalue weighted by molar-refractivity contribution is 5.98. The zero-order valence-corrected chi connectivity index (χ0v) is 9.87. The predicted octanol–water partition coefficient (Wildman–Crippen LogP) is -0.315. The molecule has 0 atom stereocenters. The third kappa shape index (κ3) is 5.61. The average Bonchev–Trinajstić information content (AvgIpc) is 2.38. The fraction of sp³-hybridized carbons (Fsp3) is 0.182. The fourth-order valence-corrected chi connectivity index (χ4v) is 0.998. The number of carboxylic acids is 3. The fourth-order valence-electron chi connectivity index (χ4n) is 0.998. The van der Waals surface area contributed by atoms with Gasteiger partial charge in [0.25, 0.3) is 0 Å². The molecule has 0 aromatic heterocycles. The monoisotopic (exact) mass is 270 g/mol. The topological polar surface area (TPSA) is 164 Å². The van der Waals surface area contributed by atoms with E-state index in [2.05, 4.69) is 0 Å². The van der Waals surface area contributed by atoms with Gasteiger partial charge in [-0.1, -0.05) is 0 Å². The van der Waals surface area contributed by atoms with Crippen LogP contribution in [0.25, 0.3) is 0 Å². The lowest BCUT2D eigenvalue weighted by molar-refractivity contribution is 0.0696. The zero-order valence-electron chi connectivity index (χ0n) is 9.87. The first-order chi connectivity index (χ1) is 8.83. The molecule has 104 valence electrons. The number of hydrogen-bond acceptors (Lipinski definition) is 5. The Labute approximate surface area is 108 Å². The number of benzene rings is 1. The molecule has 0 bridgehead atoms. The van der Waals surface area contributed by atoms with Crippen LogP contribution >= 0.6 is 0 Å². The summed E-state index contributed by atoms with van der Waals surface area (Å²) in [6, 6.07) is 2.70. The number of nitrogens with two attached hydrogens (primary N) is 2. The summed E-state index contributed by atoms with van der Waals surface area (Å²) in [5.74, 6) is -4.12. The molecule has 1 aromatic rings. The molecule has 0 spiro atoms. The van der Waals surface area contributed by atoms with Crippen molar-refractivity contribution in [1.29, 1.82) is 0 Å². The van der Waals surface area contributed by atoms with Crippen molar-refractivity contribution < 1.29 is 29.7 Å². The zero-order chi connectivity index (χ0) is 15.0. The number of aromatic carboxylic acids is 3.